The van der Waals surface area contributed by atoms with Gasteiger partial charge in [-0.3, -0.25) is 4.79 Å². The average molecular weight is 459 g/mol. The van der Waals surface area contributed by atoms with Crippen LogP contribution in [-0.4, -0.2) is 23.4 Å². The summed E-state index contributed by atoms with van der Waals surface area (Å²) < 4.78 is 2.16. The second kappa shape index (κ2) is 13.0. The van der Waals surface area contributed by atoms with Gasteiger partial charge in [-0.15, -0.1) is 0 Å². The Hall–Kier alpha value is -3.07. The number of aromatic nitrogens is 1. The van der Waals surface area contributed by atoms with E-state index in [0.717, 1.165) is 41.3 Å². The zero-order valence-electron chi connectivity index (χ0n) is 22.2. The molecule has 0 atom stereocenters. The third kappa shape index (κ3) is 6.28. The van der Waals surface area contributed by atoms with Gasteiger partial charge in [0.25, 0.3) is 0 Å². The van der Waals surface area contributed by atoms with Gasteiger partial charge in [-0.2, -0.15) is 0 Å². The Morgan fingerprint density at radius 3 is 2.06 bits per heavy atom. The van der Waals surface area contributed by atoms with Crippen molar-refractivity contribution in [3.8, 4) is 5.69 Å². The van der Waals surface area contributed by atoms with Crippen molar-refractivity contribution in [2.75, 3.05) is 18.0 Å². The van der Waals surface area contributed by atoms with Crippen LogP contribution in [-0.2, 0) is 6.42 Å². The number of anilines is 1. The van der Waals surface area contributed by atoms with E-state index in [2.05, 4.69) is 78.4 Å². The molecule has 1 aromatic heterocycles. The quantitative estimate of drug-likeness (QED) is 0.348. The van der Waals surface area contributed by atoms with Crippen molar-refractivity contribution in [3.05, 3.63) is 88.8 Å². The monoisotopic (exact) mass is 458 g/mol. The summed E-state index contributed by atoms with van der Waals surface area (Å²) in [6, 6.07) is 17.3. The topological polar surface area (TPSA) is 25.2 Å². The number of hydrogen-bond acceptors (Lipinski definition) is 2. The fourth-order valence-corrected chi connectivity index (χ4v) is 4.39. The summed E-state index contributed by atoms with van der Waals surface area (Å²) in [5, 5.41) is 0. The number of benzene rings is 2. The van der Waals surface area contributed by atoms with Gasteiger partial charge in [0.15, 0.2) is 5.78 Å². The predicted molar refractivity (Wildman–Crippen MR) is 149 cm³/mol. The van der Waals surface area contributed by atoms with Crippen molar-refractivity contribution in [1.82, 2.24) is 4.57 Å². The number of ketones is 1. The van der Waals surface area contributed by atoms with Crippen LogP contribution in [0.25, 0.3) is 11.8 Å². The SMILES string of the molecule is C=Cc1c(C(C)=O)c(C)n(-c2cccc(N3CCC3)c2)c1C.CC.CCCc1ccc(C)cc1. The first kappa shape index (κ1) is 27.2. The molecular formula is C31H42N2O. The molecule has 182 valence electrons. The molecule has 3 nitrogen and oxygen atoms in total. The van der Waals surface area contributed by atoms with Crippen LogP contribution in [0, 0.1) is 20.8 Å². The first-order chi connectivity index (χ1) is 16.4. The summed E-state index contributed by atoms with van der Waals surface area (Å²) >= 11 is 0. The molecule has 4 rings (SSSR count). The van der Waals surface area contributed by atoms with Crippen LogP contribution in [0.4, 0.5) is 5.69 Å². The molecule has 3 heteroatoms. The molecule has 1 saturated heterocycles. The minimum absolute atomic E-state index is 0.0909. The maximum Gasteiger partial charge on any atom is 0.162 e. The Morgan fingerprint density at radius 1 is 0.971 bits per heavy atom. The molecule has 34 heavy (non-hydrogen) atoms. The minimum atomic E-state index is 0.0909. The molecule has 1 aliphatic rings. The number of carbonyl (C=O) groups is 1. The van der Waals surface area contributed by atoms with Gasteiger partial charge >= 0.3 is 0 Å². The van der Waals surface area contributed by atoms with Crippen LogP contribution in [0.15, 0.2) is 55.1 Å². The number of hydrogen-bond donors (Lipinski definition) is 0. The van der Waals surface area contributed by atoms with Gasteiger partial charge in [0, 0.05) is 47.0 Å². The minimum Gasteiger partial charge on any atom is -0.371 e. The second-order valence-corrected chi connectivity index (χ2v) is 8.65. The third-order valence-electron chi connectivity index (χ3n) is 6.22. The number of carbonyl (C=O) groups excluding carboxylic acids is 1. The van der Waals surface area contributed by atoms with Gasteiger partial charge in [-0.05, 0) is 64.3 Å². The Morgan fingerprint density at radius 2 is 1.59 bits per heavy atom. The van der Waals surface area contributed by atoms with E-state index in [1.807, 2.05) is 27.7 Å². The van der Waals surface area contributed by atoms with Crippen molar-refractivity contribution >= 4 is 17.5 Å². The Labute approximate surface area is 207 Å². The Kier molecular flexibility index (Phi) is 10.4. The van der Waals surface area contributed by atoms with Gasteiger partial charge in [-0.25, -0.2) is 0 Å². The molecule has 2 aromatic carbocycles. The van der Waals surface area contributed by atoms with E-state index in [9.17, 15) is 4.79 Å². The molecule has 0 bridgehead atoms. The highest BCUT2D eigenvalue weighted by Crippen LogP contribution is 2.30. The number of aryl methyl sites for hydroxylation is 2. The molecule has 3 aromatic rings. The molecule has 0 saturated carbocycles. The zero-order valence-corrected chi connectivity index (χ0v) is 22.2. The van der Waals surface area contributed by atoms with Crippen molar-refractivity contribution in [3.63, 3.8) is 0 Å². The molecule has 2 heterocycles. The van der Waals surface area contributed by atoms with E-state index in [-0.39, 0.29) is 5.78 Å². The summed E-state index contributed by atoms with van der Waals surface area (Å²) in [6.07, 6.45) is 5.50. The first-order valence-corrected chi connectivity index (χ1v) is 12.6. The van der Waals surface area contributed by atoms with E-state index in [4.69, 9.17) is 0 Å². The molecule has 0 amide bonds. The van der Waals surface area contributed by atoms with Crippen LogP contribution >= 0.6 is 0 Å². The highest BCUT2D eigenvalue weighted by atomic mass is 16.1. The lowest BCUT2D eigenvalue weighted by Crippen LogP contribution is -2.36. The van der Waals surface area contributed by atoms with Crippen LogP contribution in [0.3, 0.4) is 0 Å². The average Bonchev–Trinajstić information content (AvgIpc) is 3.06. The molecule has 0 spiro atoms. The first-order valence-electron chi connectivity index (χ1n) is 12.6. The Bertz CT molecular complexity index is 1090. The van der Waals surface area contributed by atoms with Crippen LogP contribution in [0.5, 0.6) is 0 Å². The van der Waals surface area contributed by atoms with Crippen molar-refractivity contribution in [2.24, 2.45) is 0 Å². The van der Waals surface area contributed by atoms with Crippen molar-refractivity contribution < 1.29 is 4.79 Å². The second-order valence-electron chi connectivity index (χ2n) is 8.65. The lowest BCUT2D eigenvalue weighted by molar-refractivity contribution is 0.101. The highest BCUT2D eigenvalue weighted by molar-refractivity contribution is 5.99. The van der Waals surface area contributed by atoms with Gasteiger partial charge in [0.1, 0.15) is 0 Å². The molecule has 1 aliphatic heterocycles. The van der Waals surface area contributed by atoms with E-state index in [0.29, 0.717) is 0 Å². The van der Waals surface area contributed by atoms with E-state index in [1.165, 1.54) is 36.1 Å². The summed E-state index contributed by atoms with van der Waals surface area (Å²) in [5.41, 5.74) is 8.93. The summed E-state index contributed by atoms with van der Waals surface area (Å²) in [6.45, 7) is 20.1. The molecular weight excluding hydrogens is 416 g/mol. The highest BCUT2D eigenvalue weighted by Gasteiger charge is 2.20. The van der Waals surface area contributed by atoms with Gasteiger partial charge < -0.3 is 9.47 Å². The number of nitrogens with zero attached hydrogens (tertiary/aromatic N) is 2. The standard InChI is InChI=1S/C19H22N2O.C10H14.C2H6/c1-5-18-13(2)21(14(3)19(18)15(4)22)17-9-6-8-16(12-17)20-10-7-11-20;1-3-4-10-7-5-9(2)6-8-10;1-2/h5-6,8-9,12H,1,7,10-11H2,2-4H3;5-8H,3-4H2,1-2H3;1-2H3. The van der Waals surface area contributed by atoms with E-state index in [1.54, 1.807) is 13.0 Å². The molecule has 0 unspecified atom stereocenters. The zero-order chi connectivity index (χ0) is 25.3. The van der Waals surface area contributed by atoms with Crippen LogP contribution in [0.2, 0.25) is 0 Å². The Balaban J connectivity index is 0.000000286. The third-order valence-corrected chi connectivity index (χ3v) is 6.22. The summed E-state index contributed by atoms with van der Waals surface area (Å²) in [5.74, 6) is 0.0909. The van der Waals surface area contributed by atoms with Gasteiger partial charge in [0.05, 0.1) is 0 Å². The van der Waals surface area contributed by atoms with Crippen molar-refractivity contribution in [1.29, 1.82) is 0 Å². The van der Waals surface area contributed by atoms with E-state index < -0.39 is 0 Å². The fourth-order valence-electron chi connectivity index (χ4n) is 4.39. The molecule has 0 aliphatic carbocycles. The number of rotatable bonds is 6. The lowest BCUT2D eigenvalue weighted by Gasteiger charge is -2.33. The lowest BCUT2D eigenvalue weighted by atomic mass is 10.1. The molecule has 0 N–H and O–H groups in total. The van der Waals surface area contributed by atoms with Crippen molar-refractivity contribution in [2.45, 2.75) is 67.7 Å². The molecule has 0 radical (unpaired) electrons. The van der Waals surface area contributed by atoms with Crippen LogP contribution in [0.1, 0.15) is 79.0 Å². The molecule has 1 fully saturated rings. The maximum atomic E-state index is 12.0. The smallest absolute Gasteiger partial charge is 0.162 e. The normalized spacial score (nSPS) is 12.0. The predicted octanol–water partition coefficient (Wildman–Crippen LogP) is 8.12. The number of Topliss-reactive ketones (excluding diaryl/α,β-unsaturated/α-hetero) is 1. The van der Waals surface area contributed by atoms with Crippen LogP contribution < -0.4 is 4.90 Å². The maximum absolute atomic E-state index is 12.0. The van der Waals surface area contributed by atoms with Gasteiger partial charge in [0.2, 0.25) is 0 Å². The largest absolute Gasteiger partial charge is 0.371 e. The summed E-state index contributed by atoms with van der Waals surface area (Å²) in [7, 11) is 0. The fraction of sp³-hybridized carbons (Fsp3) is 0.387. The van der Waals surface area contributed by atoms with Gasteiger partial charge in [-0.1, -0.05) is 75.7 Å². The van der Waals surface area contributed by atoms with E-state index >= 15 is 0 Å². The summed E-state index contributed by atoms with van der Waals surface area (Å²) in [4.78, 5) is 14.4.